The van der Waals surface area contributed by atoms with E-state index in [0.29, 0.717) is 12.6 Å². The molecule has 2 N–H and O–H groups in total. The molecule has 2 bridgehead atoms. The quantitative estimate of drug-likeness (QED) is 0.892. The van der Waals surface area contributed by atoms with Crippen LogP contribution in [0.25, 0.3) is 0 Å². The molecule has 3 fully saturated rings. The normalized spacial score (nSPS) is 40.4. The Morgan fingerprint density at radius 2 is 2.14 bits per heavy atom. The van der Waals surface area contributed by atoms with Crippen molar-refractivity contribution in [2.45, 2.75) is 50.7 Å². The van der Waals surface area contributed by atoms with Gasteiger partial charge in [0.25, 0.3) is 0 Å². The fraction of sp³-hybridized carbons (Fsp3) is 0.824. The third kappa shape index (κ3) is 2.23. The number of aromatic nitrogens is 2. The Hall–Kier alpha value is -0.870. The maximum Gasteiger partial charge on any atom is 0.102 e. The molecule has 3 aliphatic rings. The average molecular weight is 289 g/mol. The molecule has 0 saturated heterocycles. The zero-order valence-electron chi connectivity index (χ0n) is 13.1. The lowest BCUT2D eigenvalue weighted by molar-refractivity contribution is 0.0483. The molecule has 0 spiro atoms. The molecule has 4 heteroatoms. The summed E-state index contributed by atoms with van der Waals surface area (Å²) in [5.41, 5.74) is 0.0740. The summed E-state index contributed by atoms with van der Waals surface area (Å²) in [6.07, 6.45) is 10.8. The van der Waals surface area contributed by atoms with Gasteiger partial charge in [-0.25, -0.2) is 0 Å². The lowest BCUT2D eigenvalue weighted by Gasteiger charge is -2.34. The lowest BCUT2D eigenvalue weighted by atomic mass is 9.79. The van der Waals surface area contributed by atoms with E-state index in [1.165, 1.54) is 32.1 Å². The van der Waals surface area contributed by atoms with Gasteiger partial charge in [-0.2, -0.15) is 5.10 Å². The minimum absolute atomic E-state index is 0.623. The molecule has 0 radical (unpaired) electrons. The third-order valence-corrected chi connectivity index (χ3v) is 6.46. The minimum Gasteiger partial charge on any atom is -0.384 e. The molecule has 0 aliphatic heterocycles. The highest BCUT2D eigenvalue weighted by molar-refractivity contribution is 5.15. The van der Waals surface area contributed by atoms with E-state index in [9.17, 15) is 5.11 Å². The maximum atomic E-state index is 10.7. The van der Waals surface area contributed by atoms with Crippen LogP contribution in [0.2, 0.25) is 0 Å². The molecular formula is C17H27N3O. The molecule has 0 amide bonds. The zero-order chi connectivity index (χ0) is 14.6. The molecule has 4 rings (SSSR count). The highest BCUT2D eigenvalue weighted by Gasteiger charge is 2.53. The molecule has 1 aromatic heterocycles. The van der Waals surface area contributed by atoms with Gasteiger partial charge in [0.15, 0.2) is 0 Å². The average Bonchev–Trinajstić information content (AvgIpc) is 3.17. The second kappa shape index (κ2) is 4.82. The van der Waals surface area contributed by atoms with Crippen molar-refractivity contribution in [2.24, 2.45) is 30.7 Å². The monoisotopic (exact) mass is 289 g/mol. The SMILES string of the molecule is Cn1cc(C(C)(O)CNC2CC3CC2C2CCCC32)cn1. The molecule has 0 aromatic carbocycles. The number of hydrogen-bond acceptors (Lipinski definition) is 3. The summed E-state index contributed by atoms with van der Waals surface area (Å²) in [6, 6.07) is 0.623. The molecule has 116 valence electrons. The second-order valence-corrected chi connectivity index (χ2v) is 7.82. The van der Waals surface area contributed by atoms with Crippen LogP contribution in [0.1, 0.15) is 44.6 Å². The van der Waals surface area contributed by atoms with E-state index in [2.05, 4.69) is 10.4 Å². The molecule has 6 atom stereocenters. The van der Waals surface area contributed by atoms with Crippen LogP contribution in [-0.4, -0.2) is 27.5 Å². The Morgan fingerprint density at radius 3 is 2.90 bits per heavy atom. The van der Waals surface area contributed by atoms with Crippen LogP contribution in [0, 0.1) is 23.7 Å². The van der Waals surface area contributed by atoms with Crippen LogP contribution in [0.5, 0.6) is 0 Å². The molecule has 6 unspecified atom stereocenters. The number of nitrogens with one attached hydrogen (secondary N) is 1. The summed E-state index contributed by atoms with van der Waals surface area (Å²) in [5, 5.41) is 18.6. The number of aliphatic hydroxyl groups is 1. The van der Waals surface area contributed by atoms with Gasteiger partial charge in [-0.15, -0.1) is 0 Å². The summed E-state index contributed by atoms with van der Waals surface area (Å²) in [6.45, 7) is 2.52. The van der Waals surface area contributed by atoms with Crippen molar-refractivity contribution >= 4 is 0 Å². The summed E-state index contributed by atoms with van der Waals surface area (Å²) in [5.74, 6) is 3.84. The fourth-order valence-corrected chi connectivity index (χ4v) is 5.43. The van der Waals surface area contributed by atoms with Crippen LogP contribution < -0.4 is 5.32 Å². The first-order valence-electron chi connectivity index (χ1n) is 8.49. The molecule has 1 heterocycles. The first-order valence-corrected chi connectivity index (χ1v) is 8.49. The number of rotatable bonds is 4. The Balaban J connectivity index is 1.39. The molecule has 3 saturated carbocycles. The van der Waals surface area contributed by atoms with Gasteiger partial charge in [-0.1, -0.05) is 6.42 Å². The Morgan fingerprint density at radius 1 is 1.33 bits per heavy atom. The van der Waals surface area contributed by atoms with Crippen LogP contribution in [-0.2, 0) is 12.6 Å². The van der Waals surface area contributed by atoms with Crippen molar-refractivity contribution in [3.63, 3.8) is 0 Å². The molecule has 3 aliphatic carbocycles. The third-order valence-electron chi connectivity index (χ3n) is 6.46. The van der Waals surface area contributed by atoms with Gasteiger partial charge in [0.2, 0.25) is 0 Å². The van der Waals surface area contributed by atoms with E-state index < -0.39 is 5.60 Å². The first-order chi connectivity index (χ1) is 10.0. The molecule has 4 nitrogen and oxygen atoms in total. The Labute approximate surface area is 126 Å². The minimum atomic E-state index is -0.828. The number of fused-ring (bicyclic) bond motifs is 5. The standard InChI is InChI=1S/C17H27N3O/c1-17(21,12-8-19-20(2)9-12)10-18-16-7-11-6-15(16)14-5-3-4-13(11)14/h8-9,11,13-16,18,21H,3-7,10H2,1-2H3. The van der Waals surface area contributed by atoms with Crippen molar-refractivity contribution in [1.29, 1.82) is 0 Å². The molecule has 21 heavy (non-hydrogen) atoms. The summed E-state index contributed by atoms with van der Waals surface area (Å²) >= 11 is 0. The van der Waals surface area contributed by atoms with E-state index in [1.54, 1.807) is 10.9 Å². The van der Waals surface area contributed by atoms with Crippen LogP contribution in [0.3, 0.4) is 0 Å². The number of hydrogen-bond donors (Lipinski definition) is 2. The van der Waals surface area contributed by atoms with Gasteiger partial charge in [0, 0.05) is 31.4 Å². The van der Waals surface area contributed by atoms with E-state index >= 15 is 0 Å². The van der Waals surface area contributed by atoms with Crippen molar-refractivity contribution in [1.82, 2.24) is 15.1 Å². The number of aryl methyl sites for hydroxylation is 1. The van der Waals surface area contributed by atoms with E-state index in [4.69, 9.17) is 0 Å². The van der Waals surface area contributed by atoms with E-state index in [1.807, 2.05) is 20.2 Å². The van der Waals surface area contributed by atoms with E-state index in [0.717, 1.165) is 29.2 Å². The van der Waals surface area contributed by atoms with Gasteiger partial charge in [0.1, 0.15) is 5.60 Å². The van der Waals surface area contributed by atoms with Crippen molar-refractivity contribution in [3.05, 3.63) is 18.0 Å². The van der Waals surface area contributed by atoms with Gasteiger partial charge in [-0.3, -0.25) is 4.68 Å². The lowest BCUT2D eigenvalue weighted by Crippen LogP contribution is -2.45. The highest BCUT2D eigenvalue weighted by Crippen LogP contribution is 2.58. The van der Waals surface area contributed by atoms with Crippen molar-refractivity contribution in [2.75, 3.05) is 6.54 Å². The van der Waals surface area contributed by atoms with Crippen molar-refractivity contribution in [3.8, 4) is 0 Å². The zero-order valence-corrected chi connectivity index (χ0v) is 13.1. The fourth-order valence-electron chi connectivity index (χ4n) is 5.43. The van der Waals surface area contributed by atoms with Crippen LogP contribution >= 0.6 is 0 Å². The van der Waals surface area contributed by atoms with Gasteiger partial charge >= 0.3 is 0 Å². The van der Waals surface area contributed by atoms with Gasteiger partial charge in [-0.05, 0) is 56.3 Å². The Kier molecular flexibility index (Phi) is 3.16. The van der Waals surface area contributed by atoms with Crippen LogP contribution in [0.15, 0.2) is 12.4 Å². The van der Waals surface area contributed by atoms with Crippen LogP contribution in [0.4, 0.5) is 0 Å². The number of nitrogens with zero attached hydrogens (tertiary/aromatic N) is 2. The first kappa shape index (κ1) is 13.8. The Bertz CT molecular complexity index is 524. The highest BCUT2D eigenvalue weighted by atomic mass is 16.3. The van der Waals surface area contributed by atoms with Gasteiger partial charge in [0.05, 0.1) is 6.20 Å². The molecule has 1 aromatic rings. The smallest absolute Gasteiger partial charge is 0.102 e. The largest absolute Gasteiger partial charge is 0.384 e. The topological polar surface area (TPSA) is 50.1 Å². The predicted octanol–water partition coefficient (Wildman–Crippen LogP) is 2.04. The second-order valence-electron chi connectivity index (χ2n) is 7.82. The predicted molar refractivity (Wildman–Crippen MR) is 81.6 cm³/mol. The maximum absolute atomic E-state index is 10.7. The summed E-state index contributed by atoms with van der Waals surface area (Å²) in [7, 11) is 1.89. The van der Waals surface area contributed by atoms with Gasteiger partial charge < -0.3 is 10.4 Å². The molecular weight excluding hydrogens is 262 g/mol. The van der Waals surface area contributed by atoms with E-state index in [-0.39, 0.29) is 0 Å². The summed E-state index contributed by atoms with van der Waals surface area (Å²) in [4.78, 5) is 0. The summed E-state index contributed by atoms with van der Waals surface area (Å²) < 4.78 is 1.75. The van der Waals surface area contributed by atoms with Crippen molar-refractivity contribution < 1.29 is 5.11 Å².